The largest absolute Gasteiger partial charge is 0.497 e. The van der Waals surface area contributed by atoms with Gasteiger partial charge in [0.25, 0.3) is 5.91 Å². The number of carbonyl (C=O) groups is 1. The van der Waals surface area contributed by atoms with Crippen molar-refractivity contribution in [2.75, 3.05) is 13.7 Å². The van der Waals surface area contributed by atoms with Crippen LogP contribution < -0.4 is 10.2 Å². The maximum Gasteiger partial charge on any atom is 0.290 e. The minimum absolute atomic E-state index is 0.112. The van der Waals surface area contributed by atoms with E-state index in [4.69, 9.17) is 20.8 Å². The number of methoxy groups -OCH3 is 1. The average molecular weight is 474 g/mol. The second kappa shape index (κ2) is 8.65. The SMILES string of the molecule is COc1ccc(CCN2C(=O)c3oc4cc(C)c(C)cc4c(=O)c3C2c2cccc(Cl)c2)cc1. The van der Waals surface area contributed by atoms with Gasteiger partial charge in [0.05, 0.1) is 24.1 Å². The van der Waals surface area contributed by atoms with Gasteiger partial charge in [0.1, 0.15) is 11.3 Å². The molecule has 5 rings (SSSR count). The molecule has 1 aliphatic heterocycles. The lowest BCUT2D eigenvalue weighted by Crippen LogP contribution is -2.31. The number of amides is 1. The van der Waals surface area contributed by atoms with Gasteiger partial charge in [-0.25, -0.2) is 0 Å². The van der Waals surface area contributed by atoms with Gasteiger partial charge < -0.3 is 14.1 Å². The van der Waals surface area contributed by atoms with Crippen molar-refractivity contribution in [1.82, 2.24) is 4.90 Å². The first kappa shape index (κ1) is 22.2. The summed E-state index contributed by atoms with van der Waals surface area (Å²) in [5, 5.41) is 1.03. The number of hydrogen-bond acceptors (Lipinski definition) is 4. The molecule has 34 heavy (non-hydrogen) atoms. The van der Waals surface area contributed by atoms with Gasteiger partial charge in [0.2, 0.25) is 5.76 Å². The molecule has 0 spiro atoms. The fraction of sp³-hybridized carbons (Fsp3) is 0.214. The van der Waals surface area contributed by atoms with Crippen LogP contribution in [0.15, 0.2) is 69.9 Å². The molecule has 0 saturated heterocycles. The van der Waals surface area contributed by atoms with Gasteiger partial charge in [-0.05, 0) is 78.9 Å². The Morgan fingerprint density at radius 1 is 1.00 bits per heavy atom. The van der Waals surface area contributed by atoms with E-state index in [9.17, 15) is 9.59 Å². The molecule has 0 bridgehead atoms. The molecule has 3 aromatic carbocycles. The van der Waals surface area contributed by atoms with Gasteiger partial charge in [-0.15, -0.1) is 0 Å². The van der Waals surface area contributed by atoms with E-state index in [0.29, 0.717) is 34.5 Å². The number of ether oxygens (including phenoxy) is 1. The maximum atomic E-state index is 13.7. The average Bonchev–Trinajstić information content (AvgIpc) is 3.11. The Balaban J connectivity index is 1.62. The molecule has 172 valence electrons. The first-order valence-corrected chi connectivity index (χ1v) is 11.5. The summed E-state index contributed by atoms with van der Waals surface area (Å²) in [5.74, 6) is 0.600. The highest BCUT2D eigenvalue weighted by Crippen LogP contribution is 2.39. The summed E-state index contributed by atoms with van der Waals surface area (Å²) in [5.41, 5.74) is 4.47. The van der Waals surface area contributed by atoms with Crippen molar-refractivity contribution in [1.29, 1.82) is 0 Å². The highest BCUT2D eigenvalue weighted by Gasteiger charge is 2.42. The third kappa shape index (κ3) is 3.76. The fourth-order valence-electron chi connectivity index (χ4n) is 4.57. The van der Waals surface area contributed by atoms with Crippen molar-refractivity contribution in [2.24, 2.45) is 0 Å². The van der Waals surface area contributed by atoms with E-state index in [2.05, 4.69) is 0 Å². The summed E-state index contributed by atoms with van der Waals surface area (Å²) < 4.78 is 11.3. The van der Waals surface area contributed by atoms with E-state index in [1.807, 2.05) is 62.4 Å². The number of rotatable bonds is 5. The number of fused-ring (bicyclic) bond motifs is 2. The molecule has 4 aromatic rings. The Kier molecular flexibility index (Phi) is 5.66. The minimum Gasteiger partial charge on any atom is -0.497 e. The van der Waals surface area contributed by atoms with Crippen LogP contribution in [0.5, 0.6) is 5.75 Å². The molecule has 5 nitrogen and oxygen atoms in total. The van der Waals surface area contributed by atoms with Crippen LogP contribution in [0, 0.1) is 13.8 Å². The van der Waals surface area contributed by atoms with Crippen LogP contribution in [0.2, 0.25) is 5.02 Å². The lowest BCUT2D eigenvalue weighted by atomic mass is 9.97. The van der Waals surface area contributed by atoms with E-state index in [1.165, 1.54) is 0 Å². The molecule has 2 heterocycles. The quantitative estimate of drug-likeness (QED) is 0.364. The van der Waals surface area contributed by atoms with E-state index in [-0.39, 0.29) is 17.1 Å². The van der Waals surface area contributed by atoms with Gasteiger partial charge in [-0.2, -0.15) is 0 Å². The number of carbonyl (C=O) groups excluding carboxylic acids is 1. The summed E-state index contributed by atoms with van der Waals surface area (Å²) >= 11 is 6.29. The zero-order chi connectivity index (χ0) is 24.0. The van der Waals surface area contributed by atoms with Crippen molar-refractivity contribution in [3.8, 4) is 5.75 Å². The van der Waals surface area contributed by atoms with Crippen LogP contribution >= 0.6 is 11.6 Å². The Bertz CT molecular complexity index is 1470. The molecule has 6 heteroatoms. The third-order valence-corrected chi connectivity index (χ3v) is 6.78. The lowest BCUT2D eigenvalue weighted by Gasteiger charge is -2.25. The van der Waals surface area contributed by atoms with Gasteiger partial charge in [0, 0.05) is 11.6 Å². The van der Waals surface area contributed by atoms with Crippen molar-refractivity contribution in [2.45, 2.75) is 26.3 Å². The first-order valence-electron chi connectivity index (χ1n) is 11.1. The minimum atomic E-state index is -0.568. The number of aryl methyl sites for hydroxylation is 2. The van der Waals surface area contributed by atoms with Gasteiger partial charge in [-0.1, -0.05) is 35.9 Å². The lowest BCUT2D eigenvalue weighted by molar-refractivity contribution is 0.0730. The fourth-order valence-corrected chi connectivity index (χ4v) is 4.77. The highest BCUT2D eigenvalue weighted by atomic mass is 35.5. The molecule has 0 N–H and O–H groups in total. The van der Waals surface area contributed by atoms with Crippen molar-refractivity contribution in [3.63, 3.8) is 0 Å². The van der Waals surface area contributed by atoms with Crippen LogP contribution in [-0.2, 0) is 6.42 Å². The monoisotopic (exact) mass is 473 g/mol. The molecule has 0 radical (unpaired) electrons. The second-order valence-corrected chi connectivity index (χ2v) is 9.10. The van der Waals surface area contributed by atoms with Gasteiger partial charge in [0.15, 0.2) is 5.43 Å². The van der Waals surface area contributed by atoms with Crippen LogP contribution in [-0.4, -0.2) is 24.5 Å². The van der Waals surface area contributed by atoms with E-state index in [1.54, 1.807) is 24.1 Å². The molecule has 0 aliphatic carbocycles. The molecular formula is C28H24ClNO4. The van der Waals surface area contributed by atoms with Crippen LogP contribution in [0.3, 0.4) is 0 Å². The Labute approximate surface area is 202 Å². The van der Waals surface area contributed by atoms with Gasteiger partial charge in [-0.3, -0.25) is 9.59 Å². The molecule has 1 aliphatic rings. The molecule has 1 atom stereocenters. The number of halogens is 1. The normalized spacial score (nSPS) is 15.1. The Hall–Kier alpha value is -3.57. The molecule has 1 unspecified atom stereocenters. The maximum absolute atomic E-state index is 13.7. The zero-order valence-electron chi connectivity index (χ0n) is 19.2. The summed E-state index contributed by atoms with van der Waals surface area (Å²) in [7, 11) is 1.63. The molecular weight excluding hydrogens is 450 g/mol. The second-order valence-electron chi connectivity index (χ2n) is 8.66. The topological polar surface area (TPSA) is 59.8 Å². The standard InChI is InChI=1S/C28H24ClNO4/c1-16-13-22-23(14-17(16)2)34-27-24(26(22)31)25(19-5-4-6-20(29)15-19)30(28(27)32)12-11-18-7-9-21(33-3)10-8-18/h4-10,13-15,25H,11-12H2,1-3H3. The summed E-state index contributed by atoms with van der Waals surface area (Å²) in [4.78, 5) is 29.0. The zero-order valence-corrected chi connectivity index (χ0v) is 20.0. The predicted octanol–water partition coefficient (Wildman–Crippen LogP) is 5.86. The predicted molar refractivity (Wildman–Crippen MR) is 133 cm³/mol. The molecule has 0 fully saturated rings. The summed E-state index contributed by atoms with van der Waals surface area (Å²) in [6.07, 6.45) is 0.618. The summed E-state index contributed by atoms with van der Waals surface area (Å²) in [6, 6.07) is 18.2. The Morgan fingerprint density at radius 3 is 2.44 bits per heavy atom. The van der Waals surface area contributed by atoms with E-state index >= 15 is 0 Å². The van der Waals surface area contributed by atoms with E-state index in [0.717, 1.165) is 28.0 Å². The number of benzene rings is 3. The summed E-state index contributed by atoms with van der Waals surface area (Å²) in [6.45, 7) is 4.34. The molecule has 1 aromatic heterocycles. The van der Waals surface area contributed by atoms with Crippen molar-refractivity contribution in [3.05, 3.63) is 109 Å². The van der Waals surface area contributed by atoms with Gasteiger partial charge >= 0.3 is 0 Å². The molecule has 0 saturated carbocycles. The van der Waals surface area contributed by atoms with Crippen LogP contribution in [0.1, 0.15) is 44.4 Å². The highest BCUT2D eigenvalue weighted by molar-refractivity contribution is 6.30. The number of hydrogen-bond donors (Lipinski definition) is 0. The van der Waals surface area contributed by atoms with E-state index < -0.39 is 6.04 Å². The van der Waals surface area contributed by atoms with Crippen LogP contribution in [0.25, 0.3) is 11.0 Å². The smallest absolute Gasteiger partial charge is 0.290 e. The first-order chi connectivity index (χ1) is 16.4. The van der Waals surface area contributed by atoms with Crippen molar-refractivity contribution >= 4 is 28.5 Å². The molecule has 1 amide bonds. The Morgan fingerprint density at radius 2 is 1.74 bits per heavy atom. The van der Waals surface area contributed by atoms with Crippen molar-refractivity contribution < 1.29 is 13.9 Å². The number of nitrogens with zero attached hydrogens (tertiary/aromatic N) is 1. The third-order valence-electron chi connectivity index (χ3n) is 6.55. The van der Waals surface area contributed by atoms with Crippen LogP contribution in [0.4, 0.5) is 0 Å².